The summed E-state index contributed by atoms with van der Waals surface area (Å²) < 4.78 is 28.9. The van der Waals surface area contributed by atoms with Gasteiger partial charge in [-0.25, -0.2) is 0 Å². The molecule has 5 N–H and O–H groups in total. The largest absolute Gasteiger partial charge is 0.497 e. The van der Waals surface area contributed by atoms with E-state index in [0.29, 0.717) is 17.1 Å². The van der Waals surface area contributed by atoms with Crippen molar-refractivity contribution in [1.82, 2.24) is 0 Å². The lowest BCUT2D eigenvalue weighted by Gasteiger charge is -2.40. The number of ether oxygens (including phenoxy) is 3. The van der Waals surface area contributed by atoms with Crippen molar-refractivity contribution >= 4 is 7.37 Å². The molecule has 3 unspecified atom stereocenters. The highest BCUT2D eigenvalue weighted by Crippen LogP contribution is 2.54. The molecule has 1 aliphatic rings. The summed E-state index contributed by atoms with van der Waals surface area (Å²) in [5.41, 5.74) is 0.301. The first kappa shape index (κ1) is 23.7. The molecular weight excluding hydrogens is 427 g/mol. The Morgan fingerprint density at radius 1 is 0.968 bits per heavy atom. The minimum atomic E-state index is -4.06. The molecule has 7 atom stereocenters. The summed E-state index contributed by atoms with van der Waals surface area (Å²) in [6.07, 6.45) is -7.55. The molecule has 1 heterocycles. The normalized spacial score (nSPS) is 29.0. The van der Waals surface area contributed by atoms with E-state index in [-0.39, 0.29) is 12.6 Å². The second-order valence-electron chi connectivity index (χ2n) is 7.36. The number of benzene rings is 2. The van der Waals surface area contributed by atoms with Gasteiger partial charge in [-0.1, -0.05) is 30.3 Å². The van der Waals surface area contributed by atoms with E-state index in [4.69, 9.17) is 14.2 Å². The summed E-state index contributed by atoms with van der Waals surface area (Å²) in [6, 6.07) is 14.5. The van der Waals surface area contributed by atoms with Crippen LogP contribution in [0.2, 0.25) is 0 Å². The maximum Gasteiger partial charge on any atom is 0.232 e. The molecule has 170 valence electrons. The highest BCUT2D eigenvalue weighted by atomic mass is 31.2. The van der Waals surface area contributed by atoms with E-state index in [2.05, 4.69) is 0 Å². The van der Waals surface area contributed by atoms with Crippen LogP contribution in [0.4, 0.5) is 0 Å². The van der Waals surface area contributed by atoms with Crippen LogP contribution in [-0.2, 0) is 9.30 Å². The third kappa shape index (κ3) is 5.64. The Morgan fingerprint density at radius 2 is 1.58 bits per heavy atom. The number of methoxy groups -OCH3 is 1. The van der Waals surface area contributed by atoms with Crippen molar-refractivity contribution in [3.63, 3.8) is 0 Å². The first-order valence-corrected chi connectivity index (χ1v) is 11.7. The van der Waals surface area contributed by atoms with E-state index < -0.39 is 43.9 Å². The highest BCUT2D eigenvalue weighted by Gasteiger charge is 2.45. The third-order valence-electron chi connectivity index (χ3n) is 5.19. The topological polar surface area (TPSA) is 146 Å². The van der Waals surface area contributed by atoms with Gasteiger partial charge in [-0.3, -0.25) is 4.57 Å². The van der Waals surface area contributed by atoms with Gasteiger partial charge in [0.25, 0.3) is 0 Å². The first-order valence-electron chi connectivity index (χ1n) is 9.78. The van der Waals surface area contributed by atoms with Gasteiger partial charge in [-0.15, -0.1) is 0 Å². The van der Waals surface area contributed by atoms with Crippen molar-refractivity contribution in [2.45, 2.75) is 43.0 Å². The fourth-order valence-electron chi connectivity index (χ4n) is 3.33. The number of aliphatic hydroxyl groups is 4. The van der Waals surface area contributed by atoms with E-state index >= 15 is 0 Å². The van der Waals surface area contributed by atoms with Gasteiger partial charge in [0.2, 0.25) is 13.7 Å². The first-order chi connectivity index (χ1) is 14.7. The van der Waals surface area contributed by atoms with Crippen LogP contribution in [-0.4, -0.2) is 69.3 Å². The van der Waals surface area contributed by atoms with Gasteiger partial charge in [0.1, 0.15) is 29.8 Å². The fourth-order valence-corrected chi connectivity index (χ4v) is 4.84. The maximum absolute atomic E-state index is 12.7. The molecule has 2 aromatic carbocycles. The number of rotatable bonds is 8. The lowest BCUT2D eigenvalue weighted by Crippen LogP contribution is -2.59. The van der Waals surface area contributed by atoms with Crippen LogP contribution in [0.15, 0.2) is 54.6 Å². The van der Waals surface area contributed by atoms with Crippen LogP contribution in [0.25, 0.3) is 0 Å². The van der Waals surface area contributed by atoms with Crippen molar-refractivity contribution in [1.29, 1.82) is 0 Å². The summed E-state index contributed by atoms with van der Waals surface area (Å²) in [5.74, 6) is -0.655. The molecule has 2 aromatic rings. The molecular formula is C21H27O9P. The summed E-state index contributed by atoms with van der Waals surface area (Å²) in [4.78, 5) is 10.3. The predicted molar refractivity (Wildman–Crippen MR) is 111 cm³/mol. The van der Waals surface area contributed by atoms with Gasteiger partial charge in [0.15, 0.2) is 5.85 Å². The quantitative estimate of drug-likeness (QED) is 0.372. The Bertz CT molecular complexity index is 876. The minimum Gasteiger partial charge on any atom is -0.497 e. The van der Waals surface area contributed by atoms with E-state index in [0.717, 1.165) is 0 Å². The molecule has 0 amide bonds. The zero-order valence-electron chi connectivity index (χ0n) is 16.9. The summed E-state index contributed by atoms with van der Waals surface area (Å²) in [5, 5.41) is 41.0. The zero-order valence-corrected chi connectivity index (χ0v) is 17.8. The molecule has 0 aliphatic carbocycles. The van der Waals surface area contributed by atoms with Crippen molar-refractivity contribution in [2.75, 3.05) is 13.3 Å². The Hall–Kier alpha value is -1.97. The summed E-state index contributed by atoms with van der Waals surface area (Å²) >= 11 is 0. The van der Waals surface area contributed by atoms with Crippen LogP contribution in [0.1, 0.15) is 17.8 Å². The lowest BCUT2D eigenvalue weighted by molar-refractivity contribution is -0.272. The number of hydrogen-bond donors (Lipinski definition) is 5. The molecule has 3 rings (SSSR count). The predicted octanol–water partition coefficient (Wildman–Crippen LogP) is 1.23. The molecule has 0 spiro atoms. The molecule has 9 nitrogen and oxygen atoms in total. The van der Waals surface area contributed by atoms with Gasteiger partial charge in [-0.05, 0) is 36.2 Å². The summed E-state index contributed by atoms with van der Waals surface area (Å²) in [6.45, 7) is 0. The molecule has 0 bridgehead atoms. The molecule has 0 saturated carbocycles. The molecule has 10 heteroatoms. The zero-order chi connectivity index (χ0) is 22.6. The van der Waals surface area contributed by atoms with Crippen LogP contribution in [0, 0.1) is 0 Å². The van der Waals surface area contributed by atoms with Gasteiger partial charge >= 0.3 is 0 Å². The Kier molecular flexibility index (Phi) is 7.72. The minimum absolute atomic E-state index is 0.148. The van der Waals surface area contributed by atoms with Gasteiger partial charge in [-0.2, -0.15) is 0 Å². The lowest BCUT2D eigenvalue weighted by atomic mass is 9.97. The molecule has 0 radical (unpaired) electrons. The van der Waals surface area contributed by atoms with E-state index in [1.54, 1.807) is 54.6 Å². The molecule has 1 fully saturated rings. The fraction of sp³-hybridized carbons (Fsp3) is 0.429. The second kappa shape index (κ2) is 10.1. The standard InChI is InChI=1S/C21H27O9P/c1-28-14-7-9-15(10-8-14)29-21-19(24)18(23)17(22)16(30-21)11-12-31(26,27)20(25)13-5-3-2-4-6-13/h2-10,16-25H,11-12H2,1H3,(H,26,27)/t16-,17-,18+,19+,20?,21?/m1/s1. The van der Waals surface area contributed by atoms with Crippen molar-refractivity contribution in [2.24, 2.45) is 0 Å². The van der Waals surface area contributed by atoms with Crippen molar-refractivity contribution in [3.8, 4) is 11.5 Å². The second-order valence-corrected chi connectivity index (χ2v) is 9.81. The van der Waals surface area contributed by atoms with Gasteiger partial charge in [0, 0.05) is 6.16 Å². The van der Waals surface area contributed by atoms with Crippen molar-refractivity contribution < 1.29 is 44.1 Å². The average molecular weight is 454 g/mol. The Morgan fingerprint density at radius 3 is 2.19 bits per heavy atom. The molecule has 1 aliphatic heterocycles. The molecule has 0 aromatic heterocycles. The van der Waals surface area contributed by atoms with Crippen LogP contribution in [0.5, 0.6) is 11.5 Å². The van der Waals surface area contributed by atoms with Crippen LogP contribution in [0.3, 0.4) is 0 Å². The highest BCUT2D eigenvalue weighted by molar-refractivity contribution is 7.58. The number of aliphatic hydroxyl groups excluding tert-OH is 4. The van der Waals surface area contributed by atoms with Crippen LogP contribution >= 0.6 is 7.37 Å². The SMILES string of the molecule is COc1ccc(OC2O[C@H](CCP(=O)(O)C(O)c3ccccc3)[C@@H](O)[C@H](O)[C@@H]2O)cc1. The number of hydrogen-bond acceptors (Lipinski definition) is 8. The Balaban J connectivity index is 1.66. The monoisotopic (exact) mass is 454 g/mol. The smallest absolute Gasteiger partial charge is 0.232 e. The van der Waals surface area contributed by atoms with E-state index in [1.807, 2.05) is 0 Å². The molecule has 1 saturated heterocycles. The van der Waals surface area contributed by atoms with Gasteiger partial charge in [0.05, 0.1) is 13.2 Å². The molecule has 31 heavy (non-hydrogen) atoms. The van der Waals surface area contributed by atoms with E-state index in [9.17, 15) is 29.9 Å². The van der Waals surface area contributed by atoms with Crippen molar-refractivity contribution in [3.05, 3.63) is 60.2 Å². The third-order valence-corrected chi connectivity index (χ3v) is 7.16. The Labute approximate surface area is 179 Å². The maximum atomic E-state index is 12.7. The average Bonchev–Trinajstić information content (AvgIpc) is 2.79. The van der Waals surface area contributed by atoms with Crippen LogP contribution < -0.4 is 9.47 Å². The van der Waals surface area contributed by atoms with Gasteiger partial charge < -0.3 is 39.5 Å². The summed E-state index contributed by atoms with van der Waals surface area (Å²) in [7, 11) is -2.55. The van der Waals surface area contributed by atoms with E-state index in [1.165, 1.54) is 7.11 Å².